The maximum atomic E-state index is 4.97. The van der Waals surface area contributed by atoms with Crippen LogP contribution in [0.1, 0.15) is 0 Å². The Bertz CT molecular complexity index is 70.8. The van der Waals surface area contributed by atoms with Crippen molar-refractivity contribution in [1.29, 1.82) is 0 Å². The maximum absolute atomic E-state index is 4.97. The third-order valence-corrected chi connectivity index (χ3v) is 1.69. The minimum absolute atomic E-state index is 0.731. The Morgan fingerprint density at radius 1 is 1.62 bits per heavy atom. The fourth-order valence-electron chi connectivity index (χ4n) is 0.819. The van der Waals surface area contributed by atoms with Crippen molar-refractivity contribution in [2.45, 2.75) is 19.5 Å². The molecule has 0 unspecified atom stereocenters. The second-order valence-corrected chi connectivity index (χ2v) is 2.66. The molecule has 1 heterocycles. The fraction of sp³-hybridized carbons (Fsp3) is 1.00. The molecule has 0 radical (unpaired) electrons. The van der Waals surface area contributed by atoms with Gasteiger partial charge in [0, 0.05) is 6.54 Å². The Morgan fingerprint density at radius 3 is 2.62 bits per heavy atom. The molecule has 1 aliphatic heterocycles. The molecule has 0 aromatic heterocycles. The zero-order valence-corrected chi connectivity index (χ0v) is 5.48. The molecule has 8 heavy (non-hydrogen) atoms. The lowest BCUT2D eigenvalue weighted by Crippen LogP contribution is -2.16. The third kappa shape index (κ3) is 1.23. The van der Waals surface area contributed by atoms with E-state index in [-0.39, 0.29) is 0 Å². The SMILES string of the molecule is CB(C)[C@@H]1CNOC1. The van der Waals surface area contributed by atoms with Crippen molar-refractivity contribution in [3.63, 3.8) is 0 Å². The smallest absolute Gasteiger partial charge is 0.141 e. The van der Waals surface area contributed by atoms with Crippen molar-refractivity contribution in [2.75, 3.05) is 13.2 Å². The predicted octanol–water partition coefficient (Wildman–Crippen LogP) is 0.646. The molecule has 2 nitrogen and oxygen atoms in total. The van der Waals surface area contributed by atoms with Crippen molar-refractivity contribution in [1.82, 2.24) is 5.48 Å². The Labute approximate surface area is 50.6 Å². The summed E-state index contributed by atoms with van der Waals surface area (Å²) in [6.07, 6.45) is 0. The van der Waals surface area contributed by atoms with Gasteiger partial charge in [0.25, 0.3) is 0 Å². The van der Waals surface area contributed by atoms with E-state index in [1.54, 1.807) is 0 Å². The van der Waals surface area contributed by atoms with Crippen LogP contribution in [0.25, 0.3) is 0 Å². The molecule has 0 saturated carbocycles. The van der Waals surface area contributed by atoms with E-state index >= 15 is 0 Å². The fourth-order valence-corrected chi connectivity index (χ4v) is 0.819. The van der Waals surface area contributed by atoms with Crippen LogP contribution in [-0.2, 0) is 4.84 Å². The molecule has 1 rings (SSSR count). The van der Waals surface area contributed by atoms with Gasteiger partial charge in [-0.15, -0.1) is 0 Å². The van der Waals surface area contributed by atoms with Gasteiger partial charge in [-0.3, -0.25) is 0 Å². The molecule has 0 aromatic rings. The van der Waals surface area contributed by atoms with Crippen molar-refractivity contribution < 1.29 is 4.84 Å². The minimum Gasteiger partial charge on any atom is -0.302 e. The lowest BCUT2D eigenvalue weighted by atomic mass is 9.45. The van der Waals surface area contributed by atoms with E-state index in [1.807, 2.05) is 0 Å². The highest BCUT2D eigenvalue weighted by Crippen LogP contribution is 2.12. The van der Waals surface area contributed by atoms with Crippen LogP contribution in [0.5, 0.6) is 0 Å². The van der Waals surface area contributed by atoms with Crippen molar-refractivity contribution in [3.05, 3.63) is 0 Å². The topological polar surface area (TPSA) is 21.3 Å². The summed E-state index contributed by atoms with van der Waals surface area (Å²) in [6, 6.07) is 0. The molecule has 0 aromatic carbocycles. The molecule has 1 saturated heterocycles. The van der Waals surface area contributed by atoms with Crippen LogP contribution >= 0.6 is 0 Å². The Hall–Kier alpha value is -0.0151. The van der Waals surface area contributed by atoms with E-state index in [0.717, 1.165) is 25.7 Å². The van der Waals surface area contributed by atoms with Gasteiger partial charge in [0.2, 0.25) is 0 Å². The van der Waals surface area contributed by atoms with Gasteiger partial charge in [-0.05, 0) is 5.82 Å². The highest BCUT2D eigenvalue weighted by atomic mass is 16.7. The number of hydrogen-bond acceptors (Lipinski definition) is 2. The summed E-state index contributed by atoms with van der Waals surface area (Å²) in [5.74, 6) is 0.731. The van der Waals surface area contributed by atoms with E-state index in [1.165, 1.54) is 0 Å². The Balaban J connectivity index is 2.24. The maximum Gasteiger partial charge on any atom is 0.141 e. The first-order valence-corrected chi connectivity index (χ1v) is 3.15. The van der Waals surface area contributed by atoms with Gasteiger partial charge >= 0.3 is 0 Å². The number of nitrogens with one attached hydrogen (secondary N) is 1. The van der Waals surface area contributed by atoms with Crippen LogP contribution in [0.2, 0.25) is 19.5 Å². The Kier molecular flexibility index (Phi) is 1.92. The van der Waals surface area contributed by atoms with Gasteiger partial charge < -0.3 is 4.84 Å². The lowest BCUT2D eigenvalue weighted by Gasteiger charge is -2.04. The summed E-state index contributed by atoms with van der Waals surface area (Å²) in [7, 11) is 0. The lowest BCUT2D eigenvalue weighted by molar-refractivity contribution is 0.102. The van der Waals surface area contributed by atoms with E-state index in [2.05, 4.69) is 19.1 Å². The average molecular weight is 113 g/mol. The summed E-state index contributed by atoms with van der Waals surface area (Å²) in [6.45, 7) is 7.11. The molecule has 1 aliphatic rings. The molecular weight excluding hydrogens is 101 g/mol. The van der Waals surface area contributed by atoms with E-state index in [9.17, 15) is 0 Å². The third-order valence-electron chi connectivity index (χ3n) is 1.69. The zero-order valence-electron chi connectivity index (χ0n) is 5.48. The summed E-state index contributed by atoms with van der Waals surface area (Å²) in [5.41, 5.74) is 2.85. The zero-order chi connectivity index (χ0) is 5.98. The molecule has 3 heteroatoms. The van der Waals surface area contributed by atoms with Crippen LogP contribution in [0.15, 0.2) is 0 Å². The monoisotopic (exact) mass is 113 g/mol. The molecule has 1 N–H and O–H groups in total. The molecule has 0 amide bonds. The van der Waals surface area contributed by atoms with E-state index < -0.39 is 0 Å². The van der Waals surface area contributed by atoms with Gasteiger partial charge in [0.1, 0.15) is 6.71 Å². The highest BCUT2D eigenvalue weighted by molar-refractivity contribution is 6.57. The molecular formula is C5H12BNO. The quantitative estimate of drug-likeness (QED) is 0.504. The first kappa shape index (κ1) is 6.11. The van der Waals surface area contributed by atoms with Crippen molar-refractivity contribution >= 4 is 6.71 Å². The number of hydroxylamine groups is 1. The minimum atomic E-state index is 0.731. The molecule has 0 bridgehead atoms. The number of hydrogen-bond donors (Lipinski definition) is 1. The van der Waals surface area contributed by atoms with Gasteiger partial charge in [0.05, 0.1) is 6.61 Å². The van der Waals surface area contributed by atoms with Crippen molar-refractivity contribution in [2.24, 2.45) is 0 Å². The highest BCUT2D eigenvalue weighted by Gasteiger charge is 2.20. The second kappa shape index (κ2) is 2.51. The number of rotatable bonds is 1. The summed E-state index contributed by atoms with van der Waals surface area (Å²) in [5, 5.41) is 0. The van der Waals surface area contributed by atoms with Gasteiger partial charge in [-0.2, -0.15) is 0 Å². The van der Waals surface area contributed by atoms with E-state index in [4.69, 9.17) is 4.84 Å². The van der Waals surface area contributed by atoms with Crippen LogP contribution in [-0.4, -0.2) is 19.9 Å². The van der Waals surface area contributed by atoms with Gasteiger partial charge in [-0.1, -0.05) is 13.6 Å². The average Bonchev–Trinajstić information content (AvgIpc) is 2.12. The molecule has 0 spiro atoms. The molecule has 1 atom stereocenters. The molecule has 0 aliphatic carbocycles. The van der Waals surface area contributed by atoms with Crippen LogP contribution in [0, 0.1) is 0 Å². The normalized spacial score (nSPS) is 28.5. The molecule has 46 valence electrons. The standard InChI is InChI=1S/C5H12BNO/c1-6(2)5-3-7-8-4-5/h5,7H,3-4H2,1-2H3/t5-/m1/s1. The molecule has 1 fully saturated rings. The van der Waals surface area contributed by atoms with Gasteiger partial charge in [0.15, 0.2) is 0 Å². The summed E-state index contributed by atoms with van der Waals surface area (Å²) in [4.78, 5) is 4.97. The summed E-state index contributed by atoms with van der Waals surface area (Å²) >= 11 is 0. The van der Waals surface area contributed by atoms with Crippen LogP contribution < -0.4 is 5.48 Å². The van der Waals surface area contributed by atoms with Crippen LogP contribution in [0.3, 0.4) is 0 Å². The van der Waals surface area contributed by atoms with Gasteiger partial charge in [-0.25, -0.2) is 5.48 Å². The second-order valence-electron chi connectivity index (χ2n) is 2.66. The summed E-state index contributed by atoms with van der Waals surface area (Å²) < 4.78 is 0. The van der Waals surface area contributed by atoms with Crippen molar-refractivity contribution in [3.8, 4) is 0 Å². The first-order chi connectivity index (χ1) is 3.80. The first-order valence-electron chi connectivity index (χ1n) is 3.15. The van der Waals surface area contributed by atoms with E-state index in [0.29, 0.717) is 0 Å². The Morgan fingerprint density at radius 2 is 2.38 bits per heavy atom. The largest absolute Gasteiger partial charge is 0.302 e. The van der Waals surface area contributed by atoms with Crippen LogP contribution in [0.4, 0.5) is 0 Å². The predicted molar refractivity (Wildman–Crippen MR) is 35.2 cm³/mol.